The van der Waals surface area contributed by atoms with Crippen LogP contribution in [0.4, 0.5) is 0 Å². The third-order valence-corrected chi connectivity index (χ3v) is 12.2. The minimum atomic E-state index is -0.316. The molecule has 2 fully saturated rings. The Bertz CT molecular complexity index is 1440. The van der Waals surface area contributed by atoms with Crippen molar-refractivity contribution in [2.24, 2.45) is 28.6 Å². The van der Waals surface area contributed by atoms with E-state index < -0.39 is 0 Å². The fourth-order valence-electron chi connectivity index (χ4n) is 8.47. The zero-order valence-electron chi connectivity index (χ0n) is 42.3. The van der Waals surface area contributed by atoms with Gasteiger partial charge in [0.2, 0.25) is 0 Å². The van der Waals surface area contributed by atoms with Gasteiger partial charge in [-0.1, -0.05) is 129 Å². The molecule has 0 aromatic heterocycles. The molecule has 4 rings (SSSR count). The first-order valence-corrected chi connectivity index (χ1v) is 24.1. The average Bonchev–Trinajstić information content (AvgIpc) is 3.19. The Morgan fingerprint density at radius 1 is 0.746 bits per heavy atom. The van der Waals surface area contributed by atoms with Crippen LogP contribution in [0.5, 0.6) is 0 Å². The third kappa shape index (κ3) is 29.6. The van der Waals surface area contributed by atoms with Crippen molar-refractivity contribution in [3.63, 3.8) is 0 Å². The molecule has 0 spiro atoms. The third-order valence-electron chi connectivity index (χ3n) is 12.2. The number of hydrogen-bond acceptors (Lipinski definition) is 9. The number of unbranched alkanes of at least 4 members (excludes halogenated alkanes) is 3. The van der Waals surface area contributed by atoms with E-state index in [1.807, 2.05) is 44.2 Å². The molecule has 9 heteroatoms. The van der Waals surface area contributed by atoms with Crippen molar-refractivity contribution in [2.75, 3.05) is 13.2 Å². The number of esters is 4. The lowest BCUT2D eigenvalue weighted by molar-refractivity contribution is -0.159. The van der Waals surface area contributed by atoms with Crippen LogP contribution in [0, 0.1) is 28.6 Å². The Hall–Kier alpha value is -3.46. The van der Waals surface area contributed by atoms with Gasteiger partial charge in [0.25, 0.3) is 0 Å². The van der Waals surface area contributed by atoms with E-state index in [1.165, 1.54) is 76.9 Å². The van der Waals surface area contributed by atoms with Gasteiger partial charge >= 0.3 is 23.9 Å². The van der Waals surface area contributed by atoms with Crippen LogP contribution in [0.15, 0.2) is 54.6 Å². The van der Waals surface area contributed by atoms with E-state index >= 15 is 0 Å². The molecule has 0 bridgehead atoms. The Balaban J connectivity index is 0.000000768. The van der Waals surface area contributed by atoms with Crippen molar-refractivity contribution in [2.45, 2.75) is 217 Å². The molecule has 0 heterocycles. The molecule has 1 aromatic carbocycles. The van der Waals surface area contributed by atoms with Crippen LogP contribution >= 0.6 is 0 Å². The Labute approximate surface area is 384 Å². The van der Waals surface area contributed by atoms with Gasteiger partial charge in [-0.3, -0.25) is 19.2 Å². The number of carbonyl (C=O) groups excluding carboxylic acids is 4. The number of aliphatic hydroxyl groups excluding tert-OH is 1. The number of benzene rings is 1. The van der Waals surface area contributed by atoms with Gasteiger partial charge in [-0.05, 0) is 120 Å². The van der Waals surface area contributed by atoms with Gasteiger partial charge in [0.15, 0.2) is 0 Å². The molecule has 0 saturated heterocycles. The minimum Gasteiger partial charge on any atom is -0.463 e. The lowest BCUT2D eigenvalue weighted by Gasteiger charge is -2.39. The summed E-state index contributed by atoms with van der Waals surface area (Å²) in [4.78, 5) is 43.6. The highest BCUT2D eigenvalue weighted by atomic mass is 16.6. The maximum Gasteiger partial charge on any atom is 0.306 e. The summed E-state index contributed by atoms with van der Waals surface area (Å²) in [6.07, 6.45) is 22.5. The summed E-state index contributed by atoms with van der Waals surface area (Å²) in [7, 11) is 0. The Morgan fingerprint density at radius 3 is 1.83 bits per heavy atom. The van der Waals surface area contributed by atoms with E-state index in [-0.39, 0.29) is 53.7 Å². The predicted molar refractivity (Wildman–Crippen MR) is 258 cm³/mol. The van der Waals surface area contributed by atoms with E-state index in [0.29, 0.717) is 30.3 Å². The summed E-state index contributed by atoms with van der Waals surface area (Å²) < 4.78 is 20.8. The van der Waals surface area contributed by atoms with Crippen LogP contribution in [0.25, 0.3) is 0 Å². The predicted octanol–water partition coefficient (Wildman–Crippen LogP) is 13.3. The average molecular weight is 885 g/mol. The van der Waals surface area contributed by atoms with Gasteiger partial charge in [-0.25, -0.2) is 0 Å². The van der Waals surface area contributed by atoms with Crippen molar-refractivity contribution in [1.82, 2.24) is 0 Å². The Morgan fingerprint density at radius 2 is 1.35 bits per heavy atom. The lowest BCUT2D eigenvalue weighted by Crippen LogP contribution is -2.37. The fraction of sp³-hybridized carbons (Fsp3) is 0.741. The van der Waals surface area contributed by atoms with Crippen molar-refractivity contribution in [1.29, 1.82) is 0 Å². The normalized spacial score (nSPS) is 20.9. The van der Waals surface area contributed by atoms with Gasteiger partial charge in [0, 0.05) is 45.6 Å². The molecule has 3 atom stereocenters. The first-order chi connectivity index (χ1) is 29.5. The van der Waals surface area contributed by atoms with Gasteiger partial charge in [0.1, 0.15) is 24.4 Å². The zero-order valence-corrected chi connectivity index (χ0v) is 42.3. The SMILES string of the molecule is C=CCOC(=O)CCCCCC.CC(=O)OC(C)(C)C1CC=C(C)CC1.CC(=O)OC1CCC(C(C)(C)C)CC1.CC(=O)OC1CCCCC1C(C)(C)C.OCCc1ccccc1. The standard InChI is InChI=1S/C12H22O2.C12H20O2.C12H22O2.C10H18O2.C8H10O/c1-9(13)14-11-7-5-10(6-8-11)12(2,3)4;1-9-5-7-11(8-6-9)12(3,4)14-10(2)13;1-9(13)14-11-8-6-5-7-10(11)12(2,3)4;1-3-5-6-7-8-10(11)12-9-4-2;9-7-6-8-4-2-1-3-5-8/h10-11H,5-8H2,1-4H3;5,11H,6-8H2,1-4H3;10-11H,5-8H2,1-4H3;4H,2-3,5-9H2,1H3;1-5,9H,6-7H2. The number of carbonyl (C=O) groups is 4. The van der Waals surface area contributed by atoms with Gasteiger partial charge in [-0.2, -0.15) is 0 Å². The van der Waals surface area contributed by atoms with Crippen LogP contribution in [0.3, 0.4) is 0 Å². The fourth-order valence-corrected chi connectivity index (χ4v) is 8.47. The maximum absolute atomic E-state index is 11.0. The van der Waals surface area contributed by atoms with Gasteiger partial charge in [-0.15, -0.1) is 0 Å². The number of rotatable bonds is 13. The lowest BCUT2D eigenvalue weighted by atomic mass is 9.71. The molecule has 1 aromatic rings. The van der Waals surface area contributed by atoms with E-state index in [9.17, 15) is 19.2 Å². The van der Waals surface area contributed by atoms with Crippen molar-refractivity contribution >= 4 is 23.9 Å². The molecule has 0 amide bonds. The summed E-state index contributed by atoms with van der Waals surface area (Å²) >= 11 is 0. The van der Waals surface area contributed by atoms with Crippen LogP contribution < -0.4 is 0 Å². The molecule has 9 nitrogen and oxygen atoms in total. The van der Waals surface area contributed by atoms with Crippen LogP contribution in [0.1, 0.15) is 198 Å². The number of hydrogen-bond donors (Lipinski definition) is 1. The minimum absolute atomic E-state index is 0.106. The summed E-state index contributed by atoms with van der Waals surface area (Å²) in [5.74, 6) is 1.23. The molecule has 63 heavy (non-hydrogen) atoms. The molecule has 362 valence electrons. The molecular formula is C54H92O9. The highest BCUT2D eigenvalue weighted by Crippen LogP contribution is 2.40. The van der Waals surface area contributed by atoms with Gasteiger partial charge < -0.3 is 24.1 Å². The van der Waals surface area contributed by atoms with Crippen LogP contribution in [-0.4, -0.2) is 60.0 Å². The molecule has 1 N–H and O–H groups in total. The molecule has 2 saturated carbocycles. The second-order valence-electron chi connectivity index (χ2n) is 20.3. The smallest absolute Gasteiger partial charge is 0.306 e. The molecule has 0 radical (unpaired) electrons. The first-order valence-electron chi connectivity index (χ1n) is 24.1. The molecule has 3 aliphatic rings. The summed E-state index contributed by atoms with van der Waals surface area (Å²) in [6, 6.07) is 9.95. The Kier molecular flexibility index (Phi) is 30.5. The second kappa shape index (κ2) is 32.2. The monoisotopic (exact) mass is 885 g/mol. The first kappa shape index (κ1) is 59.5. The van der Waals surface area contributed by atoms with Crippen molar-refractivity contribution in [3.05, 3.63) is 60.2 Å². The molecule has 3 unspecified atom stereocenters. The molecule has 3 aliphatic carbocycles. The number of ether oxygens (including phenoxy) is 4. The summed E-state index contributed by atoms with van der Waals surface area (Å²) in [5, 5.41) is 8.52. The second-order valence-corrected chi connectivity index (χ2v) is 20.3. The van der Waals surface area contributed by atoms with Crippen LogP contribution in [-0.2, 0) is 44.5 Å². The molecular weight excluding hydrogens is 793 g/mol. The van der Waals surface area contributed by atoms with Crippen molar-refractivity contribution in [3.8, 4) is 0 Å². The van der Waals surface area contributed by atoms with E-state index in [0.717, 1.165) is 63.7 Å². The van der Waals surface area contributed by atoms with Crippen molar-refractivity contribution < 1.29 is 43.2 Å². The van der Waals surface area contributed by atoms with E-state index in [2.05, 4.69) is 68.0 Å². The van der Waals surface area contributed by atoms with E-state index in [4.69, 9.17) is 24.1 Å². The topological polar surface area (TPSA) is 125 Å². The molecule has 0 aliphatic heterocycles. The van der Waals surface area contributed by atoms with Crippen LogP contribution in [0.2, 0.25) is 0 Å². The quantitative estimate of drug-likeness (QED) is 0.0892. The van der Waals surface area contributed by atoms with E-state index in [1.54, 1.807) is 6.08 Å². The van der Waals surface area contributed by atoms with Gasteiger partial charge in [0.05, 0.1) is 0 Å². The summed E-state index contributed by atoms with van der Waals surface area (Å²) in [5.41, 5.74) is 2.99. The largest absolute Gasteiger partial charge is 0.463 e. The number of allylic oxidation sites excluding steroid dienone is 2. The summed E-state index contributed by atoms with van der Waals surface area (Å²) in [6.45, 7) is 30.4. The zero-order chi connectivity index (χ0) is 48.1. The highest BCUT2D eigenvalue weighted by Gasteiger charge is 2.36. The number of aliphatic hydroxyl groups is 1. The maximum atomic E-state index is 11.0. The highest BCUT2D eigenvalue weighted by molar-refractivity contribution is 5.69.